The van der Waals surface area contributed by atoms with Gasteiger partial charge in [-0.15, -0.1) is 0 Å². The Kier molecular flexibility index (Phi) is 2.48. The van der Waals surface area contributed by atoms with Crippen molar-refractivity contribution in [3.63, 3.8) is 0 Å². The van der Waals surface area contributed by atoms with Crippen molar-refractivity contribution in [3.05, 3.63) is 29.6 Å². The van der Waals surface area contributed by atoms with Gasteiger partial charge in [-0.25, -0.2) is 9.78 Å². The Bertz CT molecular complexity index is 328. The van der Waals surface area contributed by atoms with Gasteiger partial charge in [0, 0.05) is 6.20 Å². The van der Waals surface area contributed by atoms with Crippen LogP contribution in [0.5, 0.6) is 0 Å². The molecule has 1 aromatic heterocycles. The van der Waals surface area contributed by atoms with Crippen molar-refractivity contribution in [3.8, 4) is 0 Å². The molecule has 1 fully saturated rings. The molecular formula is C11H13NO2. The smallest absolute Gasteiger partial charge is 0.356 e. The Balaban J connectivity index is 2.13. The highest BCUT2D eigenvalue weighted by Crippen LogP contribution is 2.35. The second kappa shape index (κ2) is 3.78. The first kappa shape index (κ1) is 9.19. The van der Waals surface area contributed by atoms with Crippen LogP contribution in [0, 0.1) is 0 Å². The second-order valence-corrected chi connectivity index (χ2v) is 3.60. The van der Waals surface area contributed by atoms with E-state index in [0.29, 0.717) is 11.6 Å². The molecule has 74 valence electrons. The molecule has 14 heavy (non-hydrogen) atoms. The molecule has 0 N–H and O–H groups in total. The second-order valence-electron chi connectivity index (χ2n) is 3.60. The standard InChI is InChI=1S/C11H13NO2/c1-14-11(13)10-6-5-9(7-12-10)8-3-2-4-8/h5-8H,2-4H2,1H3. The molecule has 1 heterocycles. The third kappa shape index (κ3) is 1.62. The summed E-state index contributed by atoms with van der Waals surface area (Å²) in [5.41, 5.74) is 1.62. The van der Waals surface area contributed by atoms with Crippen LogP contribution in [0.15, 0.2) is 18.3 Å². The largest absolute Gasteiger partial charge is 0.464 e. The number of ether oxygens (including phenoxy) is 1. The lowest BCUT2D eigenvalue weighted by Crippen LogP contribution is -2.10. The molecule has 2 rings (SSSR count). The third-order valence-corrected chi connectivity index (χ3v) is 2.76. The number of esters is 1. The maximum Gasteiger partial charge on any atom is 0.356 e. The number of methoxy groups -OCH3 is 1. The van der Waals surface area contributed by atoms with Gasteiger partial charge in [-0.1, -0.05) is 12.5 Å². The lowest BCUT2D eigenvalue weighted by molar-refractivity contribution is 0.0594. The van der Waals surface area contributed by atoms with Crippen molar-refractivity contribution in [2.45, 2.75) is 25.2 Å². The van der Waals surface area contributed by atoms with Crippen molar-refractivity contribution < 1.29 is 9.53 Å². The van der Waals surface area contributed by atoms with Crippen LogP contribution in [0.4, 0.5) is 0 Å². The van der Waals surface area contributed by atoms with Gasteiger partial charge in [0.2, 0.25) is 0 Å². The minimum atomic E-state index is -0.370. The van der Waals surface area contributed by atoms with Crippen LogP contribution in [0.3, 0.4) is 0 Å². The fourth-order valence-corrected chi connectivity index (χ4v) is 1.61. The molecule has 0 bridgehead atoms. The van der Waals surface area contributed by atoms with E-state index in [1.165, 1.54) is 31.9 Å². The van der Waals surface area contributed by atoms with E-state index in [1.54, 1.807) is 12.3 Å². The molecule has 1 aliphatic rings. The third-order valence-electron chi connectivity index (χ3n) is 2.76. The molecule has 3 heteroatoms. The van der Waals surface area contributed by atoms with E-state index in [-0.39, 0.29) is 5.97 Å². The Morgan fingerprint density at radius 3 is 2.71 bits per heavy atom. The van der Waals surface area contributed by atoms with Gasteiger partial charge < -0.3 is 4.74 Å². The number of hydrogen-bond acceptors (Lipinski definition) is 3. The lowest BCUT2D eigenvalue weighted by atomic mass is 9.81. The molecule has 0 saturated heterocycles. The number of pyridine rings is 1. The summed E-state index contributed by atoms with van der Waals surface area (Å²) in [5.74, 6) is 0.291. The molecule has 1 saturated carbocycles. The number of carbonyl (C=O) groups excluding carboxylic acids is 1. The van der Waals surface area contributed by atoms with E-state index in [2.05, 4.69) is 9.72 Å². The van der Waals surface area contributed by atoms with Gasteiger partial charge >= 0.3 is 5.97 Å². The van der Waals surface area contributed by atoms with Crippen molar-refractivity contribution in [2.24, 2.45) is 0 Å². The maximum atomic E-state index is 11.1. The zero-order valence-electron chi connectivity index (χ0n) is 8.19. The van der Waals surface area contributed by atoms with Crippen LogP contribution >= 0.6 is 0 Å². The van der Waals surface area contributed by atoms with E-state index in [4.69, 9.17) is 0 Å². The van der Waals surface area contributed by atoms with Crippen LogP contribution in [-0.2, 0) is 4.74 Å². The zero-order valence-corrected chi connectivity index (χ0v) is 8.19. The highest BCUT2D eigenvalue weighted by Gasteiger charge is 2.19. The quantitative estimate of drug-likeness (QED) is 0.672. The van der Waals surface area contributed by atoms with Gasteiger partial charge in [-0.05, 0) is 30.4 Å². The topological polar surface area (TPSA) is 39.2 Å². The fourth-order valence-electron chi connectivity index (χ4n) is 1.61. The average molecular weight is 191 g/mol. The predicted octanol–water partition coefficient (Wildman–Crippen LogP) is 2.14. The molecular weight excluding hydrogens is 178 g/mol. The molecule has 1 aliphatic carbocycles. The first-order valence-corrected chi connectivity index (χ1v) is 4.85. The van der Waals surface area contributed by atoms with Gasteiger partial charge in [-0.2, -0.15) is 0 Å². The van der Waals surface area contributed by atoms with Gasteiger partial charge in [0.15, 0.2) is 0 Å². The van der Waals surface area contributed by atoms with E-state index in [1.807, 2.05) is 6.07 Å². The van der Waals surface area contributed by atoms with Crippen molar-refractivity contribution in [1.82, 2.24) is 4.98 Å². The molecule has 1 aromatic rings. The van der Waals surface area contributed by atoms with Crippen LogP contribution in [0.1, 0.15) is 41.2 Å². The Morgan fingerprint density at radius 2 is 2.29 bits per heavy atom. The maximum absolute atomic E-state index is 11.1. The minimum Gasteiger partial charge on any atom is -0.464 e. The van der Waals surface area contributed by atoms with Crippen molar-refractivity contribution in [1.29, 1.82) is 0 Å². The molecule has 0 aliphatic heterocycles. The molecule has 3 nitrogen and oxygen atoms in total. The van der Waals surface area contributed by atoms with Crippen LogP contribution < -0.4 is 0 Å². The average Bonchev–Trinajstić information content (AvgIpc) is 2.15. The predicted molar refractivity (Wildman–Crippen MR) is 52.2 cm³/mol. The number of rotatable bonds is 2. The van der Waals surface area contributed by atoms with Crippen LogP contribution in [0.25, 0.3) is 0 Å². The molecule has 0 amide bonds. The molecule has 0 spiro atoms. The summed E-state index contributed by atoms with van der Waals surface area (Å²) < 4.78 is 4.58. The Morgan fingerprint density at radius 1 is 1.50 bits per heavy atom. The summed E-state index contributed by atoms with van der Waals surface area (Å²) >= 11 is 0. The fraction of sp³-hybridized carbons (Fsp3) is 0.455. The highest BCUT2D eigenvalue weighted by molar-refractivity contribution is 5.86. The summed E-state index contributed by atoms with van der Waals surface area (Å²) in [6, 6.07) is 3.71. The normalized spacial score (nSPS) is 16.1. The van der Waals surface area contributed by atoms with Crippen molar-refractivity contribution in [2.75, 3.05) is 7.11 Å². The summed E-state index contributed by atoms with van der Waals surface area (Å²) in [7, 11) is 1.36. The van der Waals surface area contributed by atoms with Gasteiger partial charge in [-0.3, -0.25) is 0 Å². The number of aromatic nitrogens is 1. The van der Waals surface area contributed by atoms with E-state index >= 15 is 0 Å². The van der Waals surface area contributed by atoms with Gasteiger partial charge in [0.05, 0.1) is 7.11 Å². The van der Waals surface area contributed by atoms with E-state index in [0.717, 1.165) is 0 Å². The molecule has 0 atom stereocenters. The Hall–Kier alpha value is -1.38. The summed E-state index contributed by atoms with van der Waals surface area (Å²) in [6.45, 7) is 0. The van der Waals surface area contributed by atoms with E-state index < -0.39 is 0 Å². The summed E-state index contributed by atoms with van der Waals surface area (Å²) in [4.78, 5) is 15.2. The Labute approximate surface area is 83.1 Å². The first-order valence-electron chi connectivity index (χ1n) is 4.85. The summed E-state index contributed by atoms with van der Waals surface area (Å²) in [6.07, 6.45) is 5.60. The van der Waals surface area contributed by atoms with Crippen LogP contribution in [0.2, 0.25) is 0 Å². The lowest BCUT2D eigenvalue weighted by Gasteiger charge is -2.25. The number of carbonyl (C=O) groups is 1. The van der Waals surface area contributed by atoms with Crippen molar-refractivity contribution >= 4 is 5.97 Å². The van der Waals surface area contributed by atoms with Crippen LogP contribution in [-0.4, -0.2) is 18.1 Å². The molecule has 0 aromatic carbocycles. The minimum absolute atomic E-state index is 0.370. The molecule has 0 unspecified atom stereocenters. The van der Waals surface area contributed by atoms with E-state index in [9.17, 15) is 4.79 Å². The number of nitrogens with zero attached hydrogens (tertiary/aromatic N) is 1. The monoisotopic (exact) mass is 191 g/mol. The SMILES string of the molecule is COC(=O)c1ccc(C2CCC2)cn1. The number of hydrogen-bond donors (Lipinski definition) is 0. The first-order chi connectivity index (χ1) is 6.81. The summed E-state index contributed by atoms with van der Waals surface area (Å²) in [5, 5.41) is 0. The van der Waals surface area contributed by atoms with Gasteiger partial charge in [0.25, 0.3) is 0 Å². The van der Waals surface area contributed by atoms with Gasteiger partial charge in [0.1, 0.15) is 5.69 Å². The zero-order chi connectivity index (χ0) is 9.97. The molecule has 0 radical (unpaired) electrons. The highest BCUT2D eigenvalue weighted by atomic mass is 16.5.